The van der Waals surface area contributed by atoms with E-state index in [1.165, 1.54) is 6.92 Å². The molecule has 0 radical (unpaired) electrons. The van der Waals surface area contributed by atoms with E-state index in [-0.39, 0.29) is 0 Å². The Morgan fingerprint density at radius 1 is 1.47 bits per heavy atom. The molecule has 94 valence electrons. The Hall–Kier alpha value is -1.51. The van der Waals surface area contributed by atoms with Crippen LogP contribution < -0.4 is 10.1 Å². The molecule has 0 spiro atoms. The Morgan fingerprint density at radius 3 is 2.94 bits per heavy atom. The first-order chi connectivity index (χ1) is 8.24. The number of halogens is 1. The molecule has 17 heavy (non-hydrogen) atoms. The Labute approximate surface area is 102 Å². The quantitative estimate of drug-likeness (QED) is 0.548. The number of nitrogens with one attached hydrogen (secondary N) is 1. The van der Waals surface area contributed by atoms with Gasteiger partial charge in [-0.3, -0.25) is 0 Å². The molecule has 0 aliphatic carbocycles. The van der Waals surface area contributed by atoms with Crippen LogP contribution >= 0.6 is 0 Å². The van der Waals surface area contributed by atoms with Gasteiger partial charge in [-0.2, -0.15) is 0 Å². The van der Waals surface area contributed by atoms with Gasteiger partial charge < -0.3 is 10.1 Å². The number of hydrogen-bond donors (Lipinski definition) is 1. The van der Waals surface area contributed by atoms with Crippen LogP contribution in [0.25, 0.3) is 0 Å². The first kappa shape index (κ1) is 13.6. The molecule has 0 amide bonds. The van der Waals surface area contributed by atoms with E-state index in [1.807, 2.05) is 30.3 Å². The molecule has 1 unspecified atom stereocenters. The number of hydrogen-bond acceptors (Lipinski definition) is 2. The maximum Gasteiger partial charge on any atom is 0.142 e. The summed E-state index contributed by atoms with van der Waals surface area (Å²) in [4.78, 5) is 0. The van der Waals surface area contributed by atoms with Crippen LogP contribution in [0.4, 0.5) is 10.1 Å². The lowest BCUT2D eigenvalue weighted by Crippen LogP contribution is -2.07. The van der Waals surface area contributed by atoms with Crippen LogP contribution in [0.5, 0.6) is 5.75 Å². The predicted octanol–water partition coefficient (Wildman–Crippen LogP) is 3.80. The summed E-state index contributed by atoms with van der Waals surface area (Å²) in [5.74, 6) is 0.775. The zero-order valence-corrected chi connectivity index (χ0v) is 10.3. The molecule has 0 heterocycles. The monoisotopic (exact) mass is 237 g/mol. The first-order valence-corrected chi connectivity index (χ1v) is 5.94. The van der Waals surface area contributed by atoms with E-state index < -0.39 is 6.17 Å². The van der Waals surface area contributed by atoms with Crippen LogP contribution in [-0.2, 0) is 0 Å². The second-order valence-electron chi connectivity index (χ2n) is 3.92. The van der Waals surface area contributed by atoms with E-state index in [9.17, 15) is 4.39 Å². The number of benzene rings is 1. The standard InChI is InChI=1S/C14H20FNO/c1-3-4-10-16-13-7-5-6-8-14(13)17-11-9-12(2)15/h3,5-8,12,16H,1,4,9-11H2,2H3. The van der Waals surface area contributed by atoms with Crippen molar-refractivity contribution in [2.75, 3.05) is 18.5 Å². The van der Waals surface area contributed by atoms with Gasteiger partial charge in [0.05, 0.1) is 12.3 Å². The largest absolute Gasteiger partial charge is 0.491 e. The highest BCUT2D eigenvalue weighted by molar-refractivity contribution is 5.56. The van der Waals surface area contributed by atoms with Gasteiger partial charge in [0.15, 0.2) is 0 Å². The summed E-state index contributed by atoms with van der Waals surface area (Å²) in [6.07, 6.45) is 2.36. The molecule has 1 atom stereocenters. The summed E-state index contributed by atoms with van der Waals surface area (Å²) < 4.78 is 18.2. The zero-order chi connectivity index (χ0) is 12.5. The minimum absolute atomic E-state index is 0.401. The predicted molar refractivity (Wildman–Crippen MR) is 70.4 cm³/mol. The minimum atomic E-state index is -0.823. The summed E-state index contributed by atoms with van der Waals surface area (Å²) in [7, 11) is 0. The zero-order valence-electron chi connectivity index (χ0n) is 10.3. The van der Waals surface area contributed by atoms with Crippen molar-refractivity contribution >= 4 is 5.69 Å². The van der Waals surface area contributed by atoms with Crippen molar-refractivity contribution in [1.29, 1.82) is 0 Å². The van der Waals surface area contributed by atoms with Crippen LogP contribution in [0, 0.1) is 0 Å². The summed E-state index contributed by atoms with van der Waals surface area (Å²) in [6, 6.07) is 7.70. The summed E-state index contributed by atoms with van der Waals surface area (Å²) in [6.45, 7) is 6.43. The molecule has 0 saturated carbocycles. The lowest BCUT2D eigenvalue weighted by Gasteiger charge is -2.12. The normalized spacial score (nSPS) is 11.9. The molecule has 1 rings (SSSR count). The third kappa shape index (κ3) is 5.38. The topological polar surface area (TPSA) is 21.3 Å². The molecule has 1 aromatic rings. The van der Waals surface area contributed by atoms with E-state index in [0.29, 0.717) is 13.0 Å². The van der Waals surface area contributed by atoms with Crippen molar-refractivity contribution in [3.05, 3.63) is 36.9 Å². The minimum Gasteiger partial charge on any atom is -0.491 e. The lowest BCUT2D eigenvalue weighted by molar-refractivity contribution is 0.247. The number of rotatable bonds is 8. The van der Waals surface area contributed by atoms with Crippen molar-refractivity contribution < 1.29 is 9.13 Å². The van der Waals surface area contributed by atoms with Crippen molar-refractivity contribution in [2.24, 2.45) is 0 Å². The fourth-order valence-corrected chi connectivity index (χ4v) is 1.38. The molecular weight excluding hydrogens is 217 g/mol. The fourth-order valence-electron chi connectivity index (χ4n) is 1.38. The highest BCUT2D eigenvalue weighted by atomic mass is 19.1. The molecular formula is C14H20FNO. The van der Waals surface area contributed by atoms with E-state index in [0.717, 1.165) is 24.4 Å². The van der Waals surface area contributed by atoms with Gasteiger partial charge in [-0.25, -0.2) is 4.39 Å². The van der Waals surface area contributed by atoms with Crippen molar-refractivity contribution in [1.82, 2.24) is 0 Å². The van der Waals surface area contributed by atoms with Gasteiger partial charge in [0.2, 0.25) is 0 Å². The smallest absolute Gasteiger partial charge is 0.142 e. The Bertz CT molecular complexity index is 339. The molecule has 0 aromatic heterocycles. The van der Waals surface area contributed by atoms with E-state index in [4.69, 9.17) is 4.74 Å². The van der Waals surface area contributed by atoms with Gasteiger partial charge in [-0.1, -0.05) is 18.2 Å². The van der Waals surface area contributed by atoms with E-state index in [2.05, 4.69) is 11.9 Å². The Kier molecular flexibility index (Phi) is 6.15. The number of anilines is 1. The fraction of sp³-hybridized carbons (Fsp3) is 0.429. The van der Waals surface area contributed by atoms with Gasteiger partial charge in [-0.05, 0) is 25.5 Å². The van der Waals surface area contributed by atoms with Crippen molar-refractivity contribution in [3.8, 4) is 5.75 Å². The second-order valence-corrected chi connectivity index (χ2v) is 3.92. The second kappa shape index (κ2) is 7.71. The Balaban J connectivity index is 2.48. The molecule has 1 aromatic carbocycles. The van der Waals surface area contributed by atoms with Gasteiger partial charge in [0.25, 0.3) is 0 Å². The summed E-state index contributed by atoms with van der Waals surface area (Å²) in [5.41, 5.74) is 0.945. The molecule has 0 fully saturated rings. The van der Waals surface area contributed by atoms with Crippen LogP contribution in [0.3, 0.4) is 0 Å². The maximum absolute atomic E-state index is 12.6. The molecule has 0 bridgehead atoms. The van der Waals surface area contributed by atoms with Crippen LogP contribution in [0.1, 0.15) is 19.8 Å². The summed E-state index contributed by atoms with van der Waals surface area (Å²) in [5, 5.41) is 3.26. The van der Waals surface area contributed by atoms with E-state index in [1.54, 1.807) is 0 Å². The van der Waals surface area contributed by atoms with E-state index >= 15 is 0 Å². The molecule has 0 aliphatic rings. The van der Waals surface area contributed by atoms with Gasteiger partial charge in [0, 0.05) is 13.0 Å². The highest BCUT2D eigenvalue weighted by Gasteiger charge is 2.03. The molecule has 2 nitrogen and oxygen atoms in total. The average Bonchev–Trinajstić information content (AvgIpc) is 2.31. The molecule has 1 N–H and O–H groups in total. The van der Waals surface area contributed by atoms with Gasteiger partial charge in [-0.15, -0.1) is 6.58 Å². The lowest BCUT2D eigenvalue weighted by atomic mass is 10.2. The first-order valence-electron chi connectivity index (χ1n) is 5.94. The number of alkyl halides is 1. The number of ether oxygens (including phenoxy) is 1. The average molecular weight is 237 g/mol. The van der Waals surface area contributed by atoms with Crippen LogP contribution in [0.15, 0.2) is 36.9 Å². The third-order valence-electron chi connectivity index (χ3n) is 2.32. The SMILES string of the molecule is C=CCCNc1ccccc1OCCC(C)F. The van der Waals surface area contributed by atoms with Crippen LogP contribution in [-0.4, -0.2) is 19.3 Å². The van der Waals surface area contributed by atoms with Gasteiger partial charge in [0.1, 0.15) is 11.9 Å². The molecule has 0 aliphatic heterocycles. The highest BCUT2D eigenvalue weighted by Crippen LogP contribution is 2.23. The summed E-state index contributed by atoms with van der Waals surface area (Å²) >= 11 is 0. The van der Waals surface area contributed by atoms with Gasteiger partial charge >= 0.3 is 0 Å². The number of para-hydroxylation sites is 2. The Morgan fingerprint density at radius 2 is 2.24 bits per heavy atom. The van der Waals surface area contributed by atoms with Crippen LogP contribution in [0.2, 0.25) is 0 Å². The van der Waals surface area contributed by atoms with Crippen molar-refractivity contribution in [3.63, 3.8) is 0 Å². The van der Waals surface area contributed by atoms with Crippen molar-refractivity contribution in [2.45, 2.75) is 25.9 Å². The molecule has 0 saturated heterocycles. The molecule has 3 heteroatoms. The third-order valence-corrected chi connectivity index (χ3v) is 2.32. The maximum atomic E-state index is 12.6.